The smallest absolute Gasteiger partial charge is 0.306 e. The number of rotatable bonds is 58. The van der Waals surface area contributed by atoms with Gasteiger partial charge in [0, 0.05) is 19.3 Å². The van der Waals surface area contributed by atoms with Crippen molar-refractivity contribution in [3.63, 3.8) is 0 Å². The van der Waals surface area contributed by atoms with E-state index in [-0.39, 0.29) is 31.1 Å². The first-order valence-corrected chi connectivity index (χ1v) is 32.8. The number of carbonyl (C=O) groups excluding carboxylic acids is 3. The third-order valence-electron chi connectivity index (χ3n) is 13.6. The molecule has 80 heavy (non-hydrogen) atoms. The summed E-state index contributed by atoms with van der Waals surface area (Å²) < 4.78 is 16.9. The molecule has 0 saturated carbocycles. The molecule has 0 fully saturated rings. The first-order chi connectivity index (χ1) is 39.5. The molecule has 0 aliphatic heterocycles. The van der Waals surface area contributed by atoms with Gasteiger partial charge in [0.15, 0.2) is 6.10 Å². The zero-order valence-corrected chi connectivity index (χ0v) is 51.8. The van der Waals surface area contributed by atoms with E-state index in [2.05, 4.69) is 167 Å². The third kappa shape index (κ3) is 64.1. The third-order valence-corrected chi connectivity index (χ3v) is 13.6. The largest absolute Gasteiger partial charge is 0.462 e. The average Bonchev–Trinajstić information content (AvgIpc) is 3.46. The van der Waals surface area contributed by atoms with Crippen LogP contribution < -0.4 is 0 Å². The fraction of sp³-hybridized carbons (Fsp3) is 0.635. The van der Waals surface area contributed by atoms with Crippen molar-refractivity contribution in [2.75, 3.05) is 13.2 Å². The SMILES string of the molecule is CC/C=C\C/C=C\C/C=C\C/C=C\C/C=C\C/C=C\C/C=C\CCCCCCCC(=O)OCC(COC(=O)CCCCCCC/C=C\CCCCCCCCC)OC(=O)CCCCCCCC/C=C\C/C=C\C/C=C\C/C=C\CC. The van der Waals surface area contributed by atoms with E-state index in [0.29, 0.717) is 19.3 Å². The predicted molar refractivity (Wildman–Crippen MR) is 348 cm³/mol. The Labute approximate surface area is 493 Å². The Morgan fingerprint density at radius 3 is 0.775 bits per heavy atom. The molecule has 0 bridgehead atoms. The van der Waals surface area contributed by atoms with Crippen molar-refractivity contribution in [2.45, 2.75) is 290 Å². The van der Waals surface area contributed by atoms with Crippen LogP contribution in [0.3, 0.4) is 0 Å². The standard InChI is InChI=1S/C74H120O6/c1-4-7-10-13-16-19-22-25-28-31-33-34-35-36-37-38-39-40-42-43-46-49-52-55-58-61-64-67-73(76)79-70-71(69-78-72(75)66-63-60-57-54-51-48-45-30-27-24-21-18-15-12-9-6-3)80-74(77)68-65-62-59-56-53-50-47-44-41-32-29-26-23-20-17-14-11-8-5-2/h7-8,10-11,16-17,19-20,25-26,28-30,33-34,36-37,39-41,43-46,71H,4-6,9,12-15,18,21-24,27,31-32,35,38,42,47-70H2,1-3H3/b10-7-,11-8-,19-16-,20-17-,28-25-,29-26-,34-33-,37-36-,40-39-,44-41-,45-30-,46-43-. The van der Waals surface area contributed by atoms with E-state index in [9.17, 15) is 14.4 Å². The van der Waals surface area contributed by atoms with Crippen LogP contribution in [0.5, 0.6) is 0 Å². The van der Waals surface area contributed by atoms with Gasteiger partial charge in [-0.05, 0) is 141 Å². The quantitative estimate of drug-likeness (QED) is 0.0261. The summed E-state index contributed by atoms with van der Waals surface area (Å²) in [6.07, 6.45) is 95.6. The molecule has 0 aromatic carbocycles. The fourth-order valence-electron chi connectivity index (χ4n) is 8.70. The normalized spacial score (nSPS) is 13.1. The molecule has 6 heteroatoms. The van der Waals surface area contributed by atoms with Gasteiger partial charge in [-0.15, -0.1) is 0 Å². The van der Waals surface area contributed by atoms with E-state index < -0.39 is 6.10 Å². The van der Waals surface area contributed by atoms with Gasteiger partial charge in [-0.3, -0.25) is 14.4 Å². The molecule has 0 heterocycles. The maximum Gasteiger partial charge on any atom is 0.306 e. The van der Waals surface area contributed by atoms with Crippen LogP contribution in [0.25, 0.3) is 0 Å². The van der Waals surface area contributed by atoms with Gasteiger partial charge in [0.2, 0.25) is 0 Å². The number of carbonyl (C=O) groups is 3. The van der Waals surface area contributed by atoms with E-state index in [1.165, 1.54) is 70.6 Å². The summed E-state index contributed by atoms with van der Waals surface area (Å²) in [4.78, 5) is 38.4. The minimum absolute atomic E-state index is 0.0990. The molecule has 0 radical (unpaired) electrons. The second-order valence-electron chi connectivity index (χ2n) is 21.3. The molecule has 0 N–H and O–H groups in total. The van der Waals surface area contributed by atoms with Crippen LogP contribution in [0.15, 0.2) is 146 Å². The number of ether oxygens (including phenoxy) is 3. The zero-order chi connectivity index (χ0) is 57.8. The van der Waals surface area contributed by atoms with Crippen LogP contribution in [0, 0.1) is 0 Å². The first kappa shape index (κ1) is 75.3. The summed E-state index contributed by atoms with van der Waals surface area (Å²) in [7, 11) is 0. The molecule has 0 aromatic rings. The topological polar surface area (TPSA) is 78.9 Å². The highest BCUT2D eigenvalue weighted by Crippen LogP contribution is 2.15. The molecule has 0 aliphatic rings. The highest BCUT2D eigenvalue weighted by atomic mass is 16.6. The van der Waals surface area contributed by atoms with Crippen molar-refractivity contribution in [2.24, 2.45) is 0 Å². The number of allylic oxidation sites excluding steroid dienone is 24. The van der Waals surface area contributed by atoms with Gasteiger partial charge < -0.3 is 14.2 Å². The zero-order valence-electron chi connectivity index (χ0n) is 51.8. The van der Waals surface area contributed by atoms with Crippen molar-refractivity contribution < 1.29 is 28.6 Å². The van der Waals surface area contributed by atoms with Crippen LogP contribution >= 0.6 is 0 Å². The minimum Gasteiger partial charge on any atom is -0.462 e. The summed E-state index contributed by atoms with van der Waals surface area (Å²) >= 11 is 0. The predicted octanol–water partition coefficient (Wildman–Crippen LogP) is 22.7. The Bertz CT molecular complexity index is 1750. The van der Waals surface area contributed by atoms with E-state index in [1.807, 2.05) is 0 Å². The molecule has 1 unspecified atom stereocenters. The van der Waals surface area contributed by atoms with E-state index in [0.717, 1.165) is 173 Å². The van der Waals surface area contributed by atoms with Gasteiger partial charge in [-0.2, -0.15) is 0 Å². The van der Waals surface area contributed by atoms with Crippen LogP contribution in [0.4, 0.5) is 0 Å². The molecule has 0 rings (SSSR count). The summed E-state index contributed by atoms with van der Waals surface area (Å²) in [5.74, 6) is -0.939. The summed E-state index contributed by atoms with van der Waals surface area (Å²) in [6.45, 7) is 6.38. The van der Waals surface area contributed by atoms with Gasteiger partial charge in [-0.25, -0.2) is 0 Å². The fourth-order valence-corrected chi connectivity index (χ4v) is 8.70. The average molecular weight is 1110 g/mol. The highest BCUT2D eigenvalue weighted by molar-refractivity contribution is 5.71. The monoisotopic (exact) mass is 1100 g/mol. The van der Waals surface area contributed by atoms with Crippen molar-refractivity contribution in [1.82, 2.24) is 0 Å². The molecule has 0 spiro atoms. The van der Waals surface area contributed by atoms with Gasteiger partial charge in [0.1, 0.15) is 13.2 Å². The van der Waals surface area contributed by atoms with Crippen molar-refractivity contribution >= 4 is 17.9 Å². The molecule has 0 saturated heterocycles. The van der Waals surface area contributed by atoms with Crippen molar-refractivity contribution in [3.8, 4) is 0 Å². The molecular formula is C74H120O6. The minimum atomic E-state index is -0.806. The Morgan fingerprint density at radius 2 is 0.487 bits per heavy atom. The molecule has 6 nitrogen and oxygen atoms in total. The summed E-state index contributed by atoms with van der Waals surface area (Å²) in [5, 5.41) is 0. The van der Waals surface area contributed by atoms with Gasteiger partial charge >= 0.3 is 17.9 Å². The number of hydrogen-bond donors (Lipinski definition) is 0. The molecular weight excluding hydrogens is 985 g/mol. The Hall–Kier alpha value is -4.71. The molecule has 0 amide bonds. The van der Waals surface area contributed by atoms with Gasteiger partial charge in [0.05, 0.1) is 0 Å². The maximum absolute atomic E-state index is 12.9. The number of unbranched alkanes of at least 4 members (excludes halogenated alkanes) is 23. The lowest BCUT2D eigenvalue weighted by atomic mass is 10.1. The van der Waals surface area contributed by atoms with E-state index >= 15 is 0 Å². The van der Waals surface area contributed by atoms with Crippen molar-refractivity contribution in [3.05, 3.63) is 146 Å². The van der Waals surface area contributed by atoms with Gasteiger partial charge in [0.25, 0.3) is 0 Å². The lowest BCUT2D eigenvalue weighted by Gasteiger charge is -2.18. The second kappa shape index (κ2) is 66.8. The summed E-state index contributed by atoms with van der Waals surface area (Å²) in [5.41, 5.74) is 0. The van der Waals surface area contributed by atoms with Crippen LogP contribution in [0.1, 0.15) is 284 Å². The molecule has 1 atom stereocenters. The highest BCUT2D eigenvalue weighted by Gasteiger charge is 2.19. The Kier molecular flexibility index (Phi) is 62.9. The Balaban J connectivity index is 4.46. The van der Waals surface area contributed by atoms with Crippen LogP contribution in [-0.2, 0) is 28.6 Å². The lowest BCUT2D eigenvalue weighted by molar-refractivity contribution is -0.167. The van der Waals surface area contributed by atoms with E-state index in [1.54, 1.807) is 0 Å². The summed E-state index contributed by atoms with van der Waals surface area (Å²) in [6, 6.07) is 0. The van der Waals surface area contributed by atoms with E-state index in [4.69, 9.17) is 14.2 Å². The maximum atomic E-state index is 12.9. The second-order valence-corrected chi connectivity index (χ2v) is 21.3. The van der Waals surface area contributed by atoms with Crippen LogP contribution in [0.2, 0.25) is 0 Å². The van der Waals surface area contributed by atoms with Gasteiger partial charge in [-0.1, -0.05) is 269 Å². The first-order valence-electron chi connectivity index (χ1n) is 32.8. The van der Waals surface area contributed by atoms with Crippen LogP contribution in [-0.4, -0.2) is 37.2 Å². The number of hydrogen-bond acceptors (Lipinski definition) is 6. The molecule has 452 valence electrons. The van der Waals surface area contributed by atoms with Crippen molar-refractivity contribution in [1.29, 1.82) is 0 Å². The molecule has 0 aromatic heterocycles. The molecule has 0 aliphatic carbocycles. The Morgan fingerprint density at radius 1 is 0.263 bits per heavy atom. The lowest BCUT2D eigenvalue weighted by Crippen LogP contribution is -2.30. The number of esters is 3.